The second-order valence-electron chi connectivity index (χ2n) is 5.71. The fourth-order valence-electron chi connectivity index (χ4n) is 2.79. The van der Waals surface area contributed by atoms with Crippen molar-refractivity contribution in [2.75, 3.05) is 5.32 Å². The number of hydrogen-bond donors (Lipinski definition) is 2. The third kappa shape index (κ3) is 2.88. The number of fused-ring (bicyclic) bond motifs is 2. The maximum absolute atomic E-state index is 12.2. The Labute approximate surface area is 148 Å². The predicted octanol–water partition coefficient (Wildman–Crippen LogP) is 3.57. The highest BCUT2D eigenvalue weighted by Gasteiger charge is 2.10. The van der Waals surface area contributed by atoms with E-state index in [1.165, 1.54) is 0 Å². The zero-order chi connectivity index (χ0) is 17.4. The molecule has 0 amide bonds. The van der Waals surface area contributed by atoms with E-state index >= 15 is 0 Å². The van der Waals surface area contributed by atoms with Crippen LogP contribution in [0.25, 0.3) is 21.8 Å². The lowest BCUT2D eigenvalue weighted by molar-refractivity contribution is 1.14. The molecule has 2 N–H and O–H groups in total. The summed E-state index contributed by atoms with van der Waals surface area (Å²) in [6.45, 7) is 1.93. The van der Waals surface area contributed by atoms with E-state index in [0.29, 0.717) is 21.7 Å². The average Bonchev–Trinajstić information content (AvgIpc) is 2.61. The van der Waals surface area contributed by atoms with Crippen molar-refractivity contribution in [1.29, 1.82) is 0 Å². The van der Waals surface area contributed by atoms with Crippen LogP contribution in [0.5, 0.6) is 0 Å². The summed E-state index contributed by atoms with van der Waals surface area (Å²) < 4.78 is 0. The number of aromatic nitrogens is 3. The van der Waals surface area contributed by atoms with Gasteiger partial charge in [-0.1, -0.05) is 42.5 Å². The molecule has 5 nitrogen and oxygen atoms in total. The monoisotopic (exact) mass is 346 g/mol. The van der Waals surface area contributed by atoms with E-state index in [2.05, 4.69) is 20.3 Å². The lowest BCUT2D eigenvalue weighted by Crippen LogP contribution is -2.20. The number of H-pyrrole nitrogens is 1. The highest BCUT2D eigenvalue weighted by atomic mass is 32.1. The van der Waals surface area contributed by atoms with Crippen molar-refractivity contribution < 1.29 is 0 Å². The minimum atomic E-state index is -0.208. The number of hydrogen-bond acceptors (Lipinski definition) is 4. The standard InChI is InChI=1S/C19H14N4OS/c1-11-10-16(12-6-2-4-8-14(12)20-11)22-19(25)17-21-15-9-5-3-7-13(15)18(24)23-17/h2-10H,1H3,(H,20,22,25)(H,21,23,24). The highest BCUT2D eigenvalue weighted by Crippen LogP contribution is 2.23. The van der Waals surface area contributed by atoms with Gasteiger partial charge in [-0.05, 0) is 31.2 Å². The van der Waals surface area contributed by atoms with E-state index < -0.39 is 0 Å². The van der Waals surface area contributed by atoms with Crippen LogP contribution in [0.3, 0.4) is 0 Å². The van der Waals surface area contributed by atoms with E-state index in [0.717, 1.165) is 22.3 Å². The quantitative estimate of drug-likeness (QED) is 0.543. The Bertz CT molecular complexity index is 1180. The van der Waals surface area contributed by atoms with Gasteiger partial charge in [0, 0.05) is 11.1 Å². The van der Waals surface area contributed by atoms with E-state index in [1.807, 2.05) is 43.3 Å². The number of aryl methyl sites for hydroxylation is 1. The van der Waals surface area contributed by atoms with Crippen LogP contribution in [0.2, 0.25) is 0 Å². The third-order valence-electron chi connectivity index (χ3n) is 3.92. The van der Waals surface area contributed by atoms with Gasteiger partial charge in [0.15, 0.2) is 5.82 Å². The molecule has 2 heterocycles. The molecule has 0 aliphatic heterocycles. The molecular weight excluding hydrogens is 332 g/mol. The van der Waals surface area contributed by atoms with E-state index in [9.17, 15) is 4.79 Å². The van der Waals surface area contributed by atoms with Gasteiger partial charge in [0.2, 0.25) is 0 Å². The molecule has 122 valence electrons. The Morgan fingerprint density at radius 2 is 1.64 bits per heavy atom. The van der Waals surface area contributed by atoms with Crippen molar-refractivity contribution in [2.24, 2.45) is 0 Å². The van der Waals surface area contributed by atoms with Gasteiger partial charge in [-0.3, -0.25) is 9.78 Å². The molecule has 0 radical (unpaired) electrons. The van der Waals surface area contributed by atoms with Crippen LogP contribution in [-0.4, -0.2) is 19.9 Å². The van der Waals surface area contributed by atoms with Gasteiger partial charge in [-0.2, -0.15) is 0 Å². The fraction of sp³-hybridized carbons (Fsp3) is 0.0526. The predicted molar refractivity (Wildman–Crippen MR) is 104 cm³/mol. The number of nitrogens with one attached hydrogen (secondary N) is 2. The minimum absolute atomic E-state index is 0.208. The van der Waals surface area contributed by atoms with Crippen LogP contribution in [0, 0.1) is 6.92 Å². The molecule has 2 aromatic heterocycles. The van der Waals surface area contributed by atoms with Gasteiger partial charge >= 0.3 is 0 Å². The van der Waals surface area contributed by atoms with Gasteiger partial charge in [0.1, 0.15) is 4.99 Å². The van der Waals surface area contributed by atoms with Crippen LogP contribution in [0.15, 0.2) is 59.4 Å². The smallest absolute Gasteiger partial charge is 0.259 e. The number of nitrogens with zero attached hydrogens (tertiary/aromatic N) is 2. The first-order valence-electron chi connectivity index (χ1n) is 7.78. The van der Waals surface area contributed by atoms with Crippen molar-refractivity contribution in [2.45, 2.75) is 6.92 Å². The van der Waals surface area contributed by atoms with Crippen molar-refractivity contribution >= 4 is 44.7 Å². The first-order chi connectivity index (χ1) is 12.1. The summed E-state index contributed by atoms with van der Waals surface area (Å²) >= 11 is 5.47. The Morgan fingerprint density at radius 3 is 2.40 bits per heavy atom. The van der Waals surface area contributed by atoms with Crippen LogP contribution in [-0.2, 0) is 0 Å². The van der Waals surface area contributed by atoms with Crippen molar-refractivity contribution in [3.63, 3.8) is 0 Å². The van der Waals surface area contributed by atoms with E-state index in [4.69, 9.17) is 12.2 Å². The third-order valence-corrected chi connectivity index (χ3v) is 4.22. The molecule has 0 unspecified atom stereocenters. The molecule has 0 aliphatic carbocycles. The van der Waals surface area contributed by atoms with Gasteiger partial charge in [-0.15, -0.1) is 0 Å². The largest absolute Gasteiger partial charge is 0.343 e. The molecule has 0 spiro atoms. The SMILES string of the molecule is Cc1cc(NC(=S)c2nc3ccccc3c(=O)[nH]2)c2ccccc2n1. The van der Waals surface area contributed by atoms with Crippen molar-refractivity contribution in [3.8, 4) is 0 Å². The summed E-state index contributed by atoms with van der Waals surface area (Å²) in [6, 6.07) is 16.9. The average molecular weight is 346 g/mol. The zero-order valence-corrected chi connectivity index (χ0v) is 14.2. The summed E-state index contributed by atoms with van der Waals surface area (Å²) in [4.78, 5) is 24.3. The van der Waals surface area contributed by atoms with Crippen LogP contribution < -0.4 is 10.9 Å². The Morgan fingerprint density at radius 1 is 1.00 bits per heavy atom. The number of anilines is 1. The Hall–Kier alpha value is -3.12. The normalized spacial score (nSPS) is 10.9. The number of rotatable bonds is 2. The van der Waals surface area contributed by atoms with Crippen molar-refractivity contribution in [1.82, 2.24) is 15.0 Å². The molecule has 0 saturated carbocycles. The van der Waals surface area contributed by atoms with Crippen LogP contribution in [0.4, 0.5) is 5.69 Å². The minimum Gasteiger partial charge on any atom is -0.343 e. The number of para-hydroxylation sites is 2. The molecule has 4 aromatic rings. The van der Waals surface area contributed by atoms with Crippen LogP contribution >= 0.6 is 12.2 Å². The molecule has 6 heteroatoms. The summed E-state index contributed by atoms with van der Waals surface area (Å²) in [5.74, 6) is 0.345. The van der Waals surface area contributed by atoms with E-state index in [1.54, 1.807) is 18.2 Å². The molecule has 0 bridgehead atoms. The second-order valence-corrected chi connectivity index (χ2v) is 6.12. The molecule has 0 saturated heterocycles. The summed E-state index contributed by atoms with van der Waals surface area (Å²) in [5.41, 5.74) is 3.00. The zero-order valence-electron chi connectivity index (χ0n) is 13.4. The molecular formula is C19H14N4OS. The van der Waals surface area contributed by atoms with Gasteiger partial charge in [-0.25, -0.2) is 4.98 Å². The molecule has 25 heavy (non-hydrogen) atoms. The van der Waals surface area contributed by atoms with Gasteiger partial charge in [0.05, 0.1) is 22.1 Å². The van der Waals surface area contributed by atoms with Crippen LogP contribution in [0.1, 0.15) is 11.5 Å². The molecule has 4 rings (SSSR count). The number of thiocarbonyl (C=S) groups is 1. The van der Waals surface area contributed by atoms with Crippen molar-refractivity contribution in [3.05, 3.63) is 76.5 Å². The summed E-state index contributed by atoms with van der Waals surface area (Å²) in [7, 11) is 0. The fourth-order valence-corrected chi connectivity index (χ4v) is 2.99. The number of pyridine rings is 1. The highest BCUT2D eigenvalue weighted by molar-refractivity contribution is 7.81. The molecule has 0 fully saturated rings. The molecule has 0 aliphatic rings. The summed E-state index contributed by atoms with van der Waals surface area (Å²) in [5, 5.41) is 4.69. The summed E-state index contributed by atoms with van der Waals surface area (Å²) in [6.07, 6.45) is 0. The van der Waals surface area contributed by atoms with Gasteiger partial charge in [0.25, 0.3) is 5.56 Å². The second kappa shape index (κ2) is 6.07. The lowest BCUT2D eigenvalue weighted by atomic mass is 10.1. The maximum Gasteiger partial charge on any atom is 0.259 e. The lowest BCUT2D eigenvalue weighted by Gasteiger charge is -2.11. The topological polar surface area (TPSA) is 70.7 Å². The first-order valence-corrected chi connectivity index (χ1v) is 8.19. The first kappa shape index (κ1) is 15.4. The van der Waals surface area contributed by atoms with Gasteiger partial charge < -0.3 is 10.3 Å². The maximum atomic E-state index is 12.2. The number of aromatic amines is 1. The number of benzene rings is 2. The molecule has 0 atom stereocenters. The van der Waals surface area contributed by atoms with E-state index in [-0.39, 0.29) is 5.56 Å². The molecule has 2 aromatic carbocycles. The Balaban J connectivity index is 1.77. The Kier molecular flexibility index (Phi) is 3.74.